The van der Waals surface area contributed by atoms with E-state index in [0.29, 0.717) is 5.69 Å². The van der Waals surface area contributed by atoms with Crippen molar-refractivity contribution in [3.63, 3.8) is 0 Å². The van der Waals surface area contributed by atoms with Gasteiger partial charge >= 0.3 is 6.03 Å². The molecule has 0 saturated heterocycles. The van der Waals surface area contributed by atoms with Crippen LogP contribution in [-0.4, -0.2) is 12.1 Å². The highest BCUT2D eigenvalue weighted by atomic mass is 16.2. The third-order valence-electron chi connectivity index (χ3n) is 3.68. The normalized spacial score (nSPS) is 10.5. The fourth-order valence-corrected chi connectivity index (χ4v) is 2.32. The fraction of sp³-hybridized carbons (Fsp3) is 0.278. The predicted octanol–water partition coefficient (Wildman–Crippen LogP) is 4.31. The third kappa shape index (κ3) is 3.79. The SMILES string of the molecule is CCC(CC)NC(=O)N(c1ccccc1)c1ccc(N)cc1. The van der Waals surface area contributed by atoms with Crippen molar-refractivity contribution < 1.29 is 4.79 Å². The second kappa shape index (κ2) is 7.50. The van der Waals surface area contributed by atoms with Crippen molar-refractivity contribution in [3.05, 3.63) is 54.6 Å². The molecule has 2 aromatic rings. The third-order valence-corrected chi connectivity index (χ3v) is 3.68. The molecular weight excluding hydrogens is 274 g/mol. The Kier molecular flexibility index (Phi) is 5.42. The van der Waals surface area contributed by atoms with Crippen LogP contribution in [0.1, 0.15) is 26.7 Å². The Hall–Kier alpha value is -2.49. The number of para-hydroxylation sites is 1. The lowest BCUT2D eigenvalue weighted by molar-refractivity contribution is 0.244. The molecule has 0 spiro atoms. The number of nitrogens with two attached hydrogens (primary N) is 1. The lowest BCUT2D eigenvalue weighted by Crippen LogP contribution is -2.42. The molecule has 116 valence electrons. The highest BCUT2D eigenvalue weighted by Crippen LogP contribution is 2.26. The van der Waals surface area contributed by atoms with E-state index in [1.807, 2.05) is 42.5 Å². The van der Waals surface area contributed by atoms with E-state index < -0.39 is 0 Å². The van der Waals surface area contributed by atoms with Gasteiger partial charge in [0.25, 0.3) is 0 Å². The summed E-state index contributed by atoms with van der Waals surface area (Å²) < 4.78 is 0. The van der Waals surface area contributed by atoms with Crippen molar-refractivity contribution in [1.29, 1.82) is 0 Å². The molecule has 0 radical (unpaired) electrons. The maximum absolute atomic E-state index is 12.7. The molecule has 4 nitrogen and oxygen atoms in total. The second-order valence-corrected chi connectivity index (χ2v) is 5.23. The van der Waals surface area contributed by atoms with E-state index >= 15 is 0 Å². The van der Waals surface area contributed by atoms with E-state index in [0.717, 1.165) is 24.2 Å². The molecule has 22 heavy (non-hydrogen) atoms. The molecule has 3 N–H and O–H groups in total. The molecule has 0 aliphatic rings. The van der Waals surface area contributed by atoms with E-state index in [1.54, 1.807) is 17.0 Å². The molecule has 0 aliphatic heterocycles. The van der Waals surface area contributed by atoms with Crippen LogP contribution in [0.15, 0.2) is 54.6 Å². The average Bonchev–Trinajstić information content (AvgIpc) is 2.55. The number of carbonyl (C=O) groups is 1. The second-order valence-electron chi connectivity index (χ2n) is 5.23. The number of nitrogens with zero attached hydrogens (tertiary/aromatic N) is 1. The number of amides is 2. The van der Waals surface area contributed by atoms with Gasteiger partial charge in [0, 0.05) is 11.7 Å². The van der Waals surface area contributed by atoms with Crippen molar-refractivity contribution in [3.8, 4) is 0 Å². The summed E-state index contributed by atoms with van der Waals surface area (Å²) in [6.45, 7) is 4.15. The zero-order chi connectivity index (χ0) is 15.9. The molecule has 0 unspecified atom stereocenters. The molecule has 0 heterocycles. The number of hydrogen-bond acceptors (Lipinski definition) is 2. The predicted molar refractivity (Wildman–Crippen MR) is 92.3 cm³/mol. The van der Waals surface area contributed by atoms with Gasteiger partial charge in [-0.05, 0) is 49.2 Å². The Morgan fingerprint density at radius 1 is 1.00 bits per heavy atom. The largest absolute Gasteiger partial charge is 0.399 e. The summed E-state index contributed by atoms with van der Waals surface area (Å²) in [4.78, 5) is 14.4. The zero-order valence-corrected chi connectivity index (χ0v) is 13.1. The Balaban J connectivity index is 2.33. The average molecular weight is 297 g/mol. The summed E-state index contributed by atoms with van der Waals surface area (Å²) in [6.07, 6.45) is 1.82. The number of hydrogen-bond donors (Lipinski definition) is 2. The minimum absolute atomic E-state index is 0.121. The number of nitrogen functional groups attached to an aromatic ring is 1. The van der Waals surface area contributed by atoms with Crippen molar-refractivity contribution >= 4 is 23.1 Å². The number of nitrogens with one attached hydrogen (secondary N) is 1. The zero-order valence-electron chi connectivity index (χ0n) is 13.1. The minimum atomic E-state index is -0.121. The summed E-state index contributed by atoms with van der Waals surface area (Å²) in [6, 6.07) is 17.0. The fourth-order valence-electron chi connectivity index (χ4n) is 2.32. The first-order chi connectivity index (χ1) is 10.7. The molecule has 0 aromatic heterocycles. The molecule has 4 heteroatoms. The lowest BCUT2D eigenvalue weighted by Gasteiger charge is -2.26. The number of anilines is 3. The standard InChI is InChI=1S/C18H23N3O/c1-3-15(4-2)20-18(22)21(16-8-6-5-7-9-16)17-12-10-14(19)11-13-17/h5-13,15H,3-4,19H2,1-2H3,(H,20,22). The summed E-state index contributed by atoms with van der Waals surface area (Å²) in [5, 5.41) is 3.08. The Bertz CT molecular complexity index is 591. The van der Waals surface area contributed by atoms with Gasteiger partial charge in [-0.15, -0.1) is 0 Å². The Morgan fingerprint density at radius 3 is 2.09 bits per heavy atom. The van der Waals surface area contributed by atoms with Crippen LogP contribution < -0.4 is 16.0 Å². The van der Waals surface area contributed by atoms with Crippen LogP contribution in [0.4, 0.5) is 21.9 Å². The van der Waals surface area contributed by atoms with Gasteiger partial charge in [-0.25, -0.2) is 4.79 Å². The number of carbonyl (C=O) groups excluding carboxylic acids is 1. The molecule has 0 bridgehead atoms. The van der Waals surface area contributed by atoms with Gasteiger partial charge in [-0.1, -0.05) is 32.0 Å². The van der Waals surface area contributed by atoms with Gasteiger partial charge in [0.05, 0.1) is 11.4 Å². The topological polar surface area (TPSA) is 58.4 Å². The van der Waals surface area contributed by atoms with E-state index in [2.05, 4.69) is 19.2 Å². The first kappa shape index (κ1) is 15.9. The van der Waals surface area contributed by atoms with Crippen molar-refractivity contribution in [1.82, 2.24) is 5.32 Å². The quantitative estimate of drug-likeness (QED) is 0.808. The van der Waals surface area contributed by atoms with E-state index in [9.17, 15) is 4.79 Å². The van der Waals surface area contributed by atoms with E-state index in [4.69, 9.17) is 5.73 Å². The summed E-state index contributed by atoms with van der Waals surface area (Å²) in [5.74, 6) is 0. The molecule has 0 saturated carbocycles. The van der Waals surface area contributed by atoms with Gasteiger partial charge in [-0.2, -0.15) is 0 Å². The van der Waals surface area contributed by atoms with Gasteiger partial charge < -0.3 is 11.1 Å². The molecule has 2 aromatic carbocycles. The first-order valence-electron chi connectivity index (χ1n) is 7.67. The maximum Gasteiger partial charge on any atom is 0.326 e. The molecule has 2 amide bonds. The number of benzene rings is 2. The summed E-state index contributed by atoms with van der Waals surface area (Å²) in [5.41, 5.74) is 8.05. The van der Waals surface area contributed by atoms with Crippen molar-refractivity contribution in [2.24, 2.45) is 0 Å². The van der Waals surface area contributed by atoms with Gasteiger partial charge in [0.2, 0.25) is 0 Å². The van der Waals surface area contributed by atoms with Crippen molar-refractivity contribution in [2.75, 3.05) is 10.6 Å². The highest BCUT2D eigenvalue weighted by molar-refractivity contribution is 5.99. The molecular formula is C18H23N3O. The van der Waals surface area contributed by atoms with Gasteiger partial charge in [0.1, 0.15) is 0 Å². The van der Waals surface area contributed by atoms with Crippen LogP contribution in [0.2, 0.25) is 0 Å². The molecule has 0 aliphatic carbocycles. The number of urea groups is 1. The molecule has 0 fully saturated rings. The molecule has 0 atom stereocenters. The van der Waals surface area contributed by atoms with Crippen LogP contribution in [0.25, 0.3) is 0 Å². The highest BCUT2D eigenvalue weighted by Gasteiger charge is 2.19. The molecule has 2 rings (SSSR count). The van der Waals surface area contributed by atoms with Gasteiger partial charge in [0.15, 0.2) is 0 Å². The van der Waals surface area contributed by atoms with Crippen LogP contribution in [0, 0.1) is 0 Å². The van der Waals surface area contributed by atoms with Crippen molar-refractivity contribution in [2.45, 2.75) is 32.7 Å². The maximum atomic E-state index is 12.7. The van der Waals surface area contributed by atoms with Crippen LogP contribution in [-0.2, 0) is 0 Å². The van der Waals surface area contributed by atoms with E-state index in [-0.39, 0.29) is 12.1 Å². The van der Waals surface area contributed by atoms with Crippen LogP contribution >= 0.6 is 0 Å². The van der Waals surface area contributed by atoms with Crippen LogP contribution in [0.5, 0.6) is 0 Å². The van der Waals surface area contributed by atoms with Gasteiger partial charge in [-0.3, -0.25) is 4.90 Å². The summed E-state index contributed by atoms with van der Waals surface area (Å²) >= 11 is 0. The number of rotatable bonds is 5. The smallest absolute Gasteiger partial charge is 0.326 e. The Labute approximate surface area is 131 Å². The van der Waals surface area contributed by atoms with E-state index in [1.165, 1.54) is 0 Å². The Morgan fingerprint density at radius 2 is 1.55 bits per heavy atom. The monoisotopic (exact) mass is 297 g/mol. The van der Waals surface area contributed by atoms with Crippen LogP contribution in [0.3, 0.4) is 0 Å². The first-order valence-corrected chi connectivity index (χ1v) is 7.67. The minimum Gasteiger partial charge on any atom is -0.399 e. The lowest BCUT2D eigenvalue weighted by atomic mass is 10.2. The summed E-state index contributed by atoms with van der Waals surface area (Å²) in [7, 11) is 0.